The molecule has 0 unspecified atom stereocenters. The molecule has 0 aromatic rings. The standard InChI is InChI=1S/C11H20N2O3/c1-4-12(8(2)3)11(16)13-7-5-6-9(13)10(14)15/h8-9H,4-7H2,1-3H3,(H,14,15)/t9-/m0/s1. The van der Waals surface area contributed by atoms with Gasteiger partial charge in [-0.1, -0.05) is 0 Å². The van der Waals surface area contributed by atoms with Gasteiger partial charge < -0.3 is 14.9 Å². The van der Waals surface area contributed by atoms with Gasteiger partial charge in [0.2, 0.25) is 0 Å². The lowest BCUT2D eigenvalue weighted by molar-refractivity contribution is -0.141. The smallest absolute Gasteiger partial charge is 0.326 e. The maximum atomic E-state index is 12.1. The van der Waals surface area contributed by atoms with E-state index in [1.165, 1.54) is 4.90 Å². The molecule has 0 aliphatic carbocycles. The van der Waals surface area contributed by atoms with Crippen LogP contribution < -0.4 is 0 Å². The van der Waals surface area contributed by atoms with Crippen molar-refractivity contribution in [3.8, 4) is 0 Å². The molecule has 0 aromatic heterocycles. The first-order valence-corrected chi connectivity index (χ1v) is 5.79. The summed E-state index contributed by atoms with van der Waals surface area (Å²) in [4.78, 5) is 26.3. The van der Waals surface area contributed by atoms with Crippen LogP contribution in [0.15, 0.2) is 0 Å². The third kappa shape index (κ3) is 2.46. The molecular formula is C11H20N2O3. The SMILES string of the molecule is CCN(C(=O)N1CCC[C@H]1C(=O)O)C(C)C. The average molecular weight is 228 g/mol. The first-order valence-electron chi connectivity index (χ1n) is 5.79. The number of rotatable bonds is 3. The van der Waals surface area contributed by atoms with Gasteiger partial charge in [-0.25, -0.2) is 9.59 Å². The molecule has 2 amide bonds. The average Bonchev–Trinajstić information content (AvgIpc) is 2.65. The zero-order valence-electron chi connectivity index (χ0n) is 10.1. The molecular weight excluding hydrogens is 208 g/mol. The van der Waals surface area contributed by atoms with Crippen LogP contribution >= 0.6 is 0 Å². The zero-order valence-corrected chi connectivity index (χ0v) is 10.1. The monoisotopic (exact) mass is 228 g/mol. The fourth-order valence-corrected chi connectivity index (χ4v) is 2.14. The van der Waals surface area contributed by atoms with Crippen LogP contribution in [-0.4, -0.2) is 52.1 Å². The molecule has 1 fully saturated rings. The van der Waals surface area contributed by atoms with E-state index in [1.807, 2.05) is 20.8 Å². The first kappa shape index (κ1) is 12.8. The number of urea groups is 1. The van der Waals surface area contributed by atoms with E-state index in [9.17, 15) is 9.59 Å². The fraction of sp³-hybridized carbons (Fsp3) is 0.818. The highest BCUT2D eigenvalue weighted by molar-refractivity contribution is 5.83. The van der Waals surface area contributed by atoms with Gasteiger partial charge in [-0.15, -0.1) is 0 Å². The number of hydrogen-bond acceptors (Lipinski definition) is 2. The summed E-state index contributed by atoms with van der Waals surface area (Å²) in [5.41, 5.74) is 0. The maximum absolute atomic E-state index is 12.1. The molecule has 0 radical (unpaired) electrons. The van der Waals surface area contributed by atoms with Gasteiger partial charge in [0.15, 0.2) is 0 Å². The minimum atomic E-state index is -0.898. The Morgan fingerprint density at radius 1 is 1.50 bits per heavy atom. The van der Waals surface area contributed by atoms with E-state index in [1.54, 1.807) is 4.90 Å². The molecule has 1 aliphatic heterocycles. The molecule has 1 saturated heterocycles. The van der Waals surface area contributed by atoms with Crippen molar-refractivity contribution in [1.29, 1.82) is 0 Å². The predicted molar refractivity (Wildman–Crippen MR) is 60.3 cm³/mol. The van der Waals surface area contributed by atoms with Gasteiger partial charge in [-0.05, 0) is 33.6 Å². The van der Waals surface area contributed by atoms with E-state index in [2.05, 4.69) is 0 Å². The number of carboxylic acids is 1. The Hall–Kier alpha value is -1.26. The van der Waals surface area contributed by atoms with Crippen LogP contribution in [0, 0.1) is 0 Å². The third-order valence-electron chi connectivity index (χ3n) is 2.99. The summed E-state index contributed by atoms with van der Waals surface area (Å²) < 4.78 is 0. The molecule has 1 rings (SSSR count). The van der Waals surface area contributed by atoms with E-state index < -0.39 is 12.0 Å². The van der Waals surface area contributed by atoms with Gasteiger partial charge in [-0.2, -0.15) is 0 Å². The van der Waals surface area contributed by atoms with Crippen LogP contribution in [-0.2, 0) is 4.79 Å². The van der Waals surface area contributed by atoms with Gasteiger partial charge in [0, 0.05) is 19.1 Å². The first-order chi connectivity index (χ1) is 7.49. The topological polar surface area (TPSA) is 60.9 Å². The molecule has 1 N–H and O–H groups in total. The summed E-state index contributed by atoms with van der Waals surface area (Å²) in [5.74, 6) is -0.898. The molecule has 1 atom stereocenters. The van der Waals surface area contributed by atoms with Crippen LogP contribution in [0.2, 0.25) is 0 Å². The molecule has 1 heterocycles. The summed E-state index contributed by atoms with van der Waals surface area (Å²) in [5, 5.41) is 9.01. The van der Waals surface area contributed by atoms with Gasteiger partial charge in [0.05, 0.1) is 0 Å². The van der Waals surface area contributed by atoms with E-state index >= 15 is 0 Å². The van der Waals surface area contributed by atoms with Crippen LogP contribution in [0.5, 0.6) is 0 Å². The second kappa shape index (κ2) is 5.18. The highest BCUT2D eigenvalue weighted by Crippen LogP contribution is 2.20. The summed E-state index contributed by atoms with van der Waals surface area (Å²) in [6.07, 6.45) is 1.34. The molecule has 0 aromatic carbocycles. The lowest BCUT2D eigenvalue weighted by atomic mass is 10.2. The van der Waals surface area contributed by atoms with Crippen molar-refractivity contribution < 1.29 is 14.7 Å². The number of amides is 2. The van der Waals surface area contributed by atoms with Crippen molar-refractivity contribution >= 4 is 12.0 Å². The Kier molecular flexibility index (Phi) is 4.15. The number of aliphatic carboxylic acids is 1. The van der Waals surface area contributed by atoms with Crippen LogP contribution in [0.4, 0.5) is 4.79 Å². The third-order valence-corrected chi connectivity index (χ3v) is 2.99. The Morgan fingerprint density at radius 2 is 2.12 bits per heavy atom. The molecule has 0 saturated carbocycles. The number of likely N-dealkylation sites (tertiary alicyclic amines) is 1. The van der Waals surface area contributed by atoms with E-state index in [-0.39, 0.29) is 12.1 Å². The quantitative estimate of drug-likeness (QED) is 0.794. The summed E-state index contributed by atoms with van der Waals surface area (Å²) >= 11 is 0. The Bertz CT molecular complexity index is 278. The predicted octanol–water partition coefficient (Wildman–Crippen LogP) is 1.39. The van der Waals surface area contributed by atoms with Crippen molar-refractivity contribution in [3.63, 3.8) is 0 Å². The van der Waals surface area contributed by atoms with Crippen molar-refractivity contribution in [1.82, 2.24) is 9.80 Å². The summed E-state index contributed by atoms with van der Waals surface area (Å²) in [6, 6.07) is -0.685. The van der Waals surface area contributed by atoms with Crippen LogP contribution in [0.25, 0.3) is 0 Å². The number of carbonyl (C=O) groups excluding carboxylic acids is 1. The largest absolute Gasteiger partial charge is 0.480 e. The minimum absolute atomic E-state index is 0.104. The highest BCUT2D eigenvalue weighted by Gasteiger charge is 2.36. The molecule has 92 valence electrons. The molecule has 5 nitrogen and oxygen atoms in total. The number of nitrogens with zero attached hydrogens (tertiary/aromatic N) is 2. The summed E-state index contributed by atoms with van der Waals surface area (Å²) in [7, 11) is 0. The Morgan fingerprint density at radius 3 is 2.56 bits per heavy atom. The maximum Gasteiger partial charge on any atom is 0.326 e. The van der Waals surface area contributed by atoms with E-state index in [4.69, 9.17) is 5.11 Å². The molecule has 0 spiro atoms. The van der Waals surface area contributed by atoms with Crippen molar-refractivity contribution in [2.75, 3.05) is 13.1 Å². The van der Waals surface area contributed by atoms with Gasteiger partial charge in [-0.3, -0.25) is 0 Å². The number of carbonyl (C=O) groups is 2. The van der Waals surface area contributed by atoms with Crippen molar-refractivity contribution in [2.45, 2.75) is 45.7 Å². The van der Waals surface area contributed by atoms with Gasteiger partial charge in [0.25, 0.3) is 0 Å². The fourth-order valence-electron chi connectivity index (χ4n) is 2.14. The molecule has 16 heavy (non-hydrogen) atoms. The normalized spacial score (nSPS) is 20.2. The van der Waals surface area contributed by atoms with Crippen LogP contribution in [0.3, 0.4) is 0 Å². The number of carboxylic acid groups (broad SMARTS) is 1. The second-order valence-electron chi connectivity index (χ2n) is 4.35. The van der Waals surface area contributed by atoms with Crippen LogP contribution in [0.1, 0.15) is 33.6 Å². The van der Waals surface area contributed by atoms with Gasteiger partial charge >= 0.3 is 12.0 Å². The second-order valence-corrected chi connectivity index (χ2v) is 4.35. The molecule has 1 aliphatic rings. The lowest BCUT2D eigenvalue weighted by Crippen LogP contribution is -2.50. The lowest BCUT2D eigenvalue weighted by Gasteiger charge is -2.32. The van der Waals surface area contributed by atoms with Crippen molar-refractivity contribution in [2.24, 2.45) is 0 Å². The van der Waals surface area contributed by atoms with E-state index in [0.29, 0.717) is 19.5 Å². The summed E-state index contributed by atoms with van der Waals surface area (Å²) in [6.45, 7) is 6.95. The zero-order chi connectivity index (χ0) is 12.3. The highest BCUT2D eigenvalue weighted by atomic mass is 16.4. The molecule has 5 heteroatoms. The van der Waals surface area contributed by atoms with Crippen molar-refractivity contribution in [3.05, 3.63) is 0 Å². The van der Waals surface area contributed by atoms with Gasteiger partial charge in [0.1, 0.15) is 6.04 Å². The van der Waals surface area contributed by atoms with E-state index in [0.717, 1.165) is 6.42 Å². The minimum Gasteiger partial charge on any atom is -0.480 e. The number of hydrogen-bond donors (Lipinski definition) is 1. The molecule has 0 bridgehead atoms. The Labute approximate surface area is 96.0 Å². The Balaban J connectivity index is 2.75.